The SMILES string of the molecule is COc1ccc(F)cc1C(=O)c1cnc(N[C@@H]2CCN(C(=O)OC(C)(C)C)C2)nc1N.COc1ccc(F)cc1C(=O)c1cnc(N[C@@H]2CCNC2)nc1N. The van der Waals surface area contributed by atoms with Crippen LogP contribution < -0.4 is 36.9 Å². The minimum absolute atomic E-state index is 0.0299. The Bertz CT molecular complexity index is 2040. The molecule has 0 aliphatic carbocycles. The van der Waals surface area contributed by atoms with Gasteiger partial charge >= 0.3 is 6.09 Å². The number of ketones is 2. The molecule has 2 aliphatic rings. The lowest BCUT2D eigenvalue weighted by atomic mass is 10.0. The van der Waals surface area contributed by atoms with Crippen LogP contribution in [0.3, 0.4) is 0 Å². The number of hydrogen-bond donors (Lipinski definition) is 5. The van der Waals surface area contributed by atoms with E-state index in [-0.39, 0.29) is 69.5 Å². The number of hydrogen-bond acceptors (Lipinski definition) is 15. The van der Waals surface area contributed by atoms with Crippen molar-refractivity contribution in [3.63, 3.8) is 0 Å². The number of rotatable bonds is 10. The van der Waals surface area contributed by atoms with Gasteiger partial charge in [-0.1, -0.05) is 0 Å². The van der Waals surface area contributed by atoms with Gasteiger partial charge in [0.25, 0.3) is 0 Å². The van der Waals surface area contributed by atoms with Crippen molar-refractivity contribution < 1.29 is 37.4 Å². The van der Waals surface area contributed by atoms with Crippen molar-refractivity contribution in [1.82, 2.24) is 30.2 Å². The van der Waals surface area contributed by atoms with Crippen LogP contribution in [0.2, 0.25) is 0 Å². The first-order chi connectivity index (χ1) is 26.1. The third kappa shape index (κ3) is 10.3. The maximum Gasteiger partial charge on any atom is 0.410 e. The zero-order valence-corrected chi connectivity index (χ0v) is 31.1. The molecule has 7 N–H and O–H groups in total. The second-order valence-corrected chi connectivity index (χ2v) is 13.7. The zero-order chi connectivity index (χ0) is 39.9. The number of methoxy groups -OCH3 is 2. The average Bonchev–Trinajstić information content (AvgIpc) is 3.83. The summed E-state index contributed by atoms with van der Waals surface area (Å²) in [5, 5.41) is 9.50. The molecule has 18 heteroatoms. The molecule has 4 aromatic rings. The van der Waals surface area contributed by atoms with Crippen LogP contribution >= 0.6 is 0 Å². The van der Waals surface area contributed by atoms with E-state index in [2.05, 4.69) is 35.9 Å². The fourth-order valence-electron chi connectivity index (χ4n) is 5.80. The summed E-state index contributed by atoms with van der Waals surface area (Å²) in [6, 6.07) is 7.51. The molecule has 0 spiro atoms. The fraction of sp³-hybridized carbons (Fsp3) is 0.378. The van der Waals surface area contributed by atoms with Gasteiger partial charge in [-0.2, -0.15) is 9.97 Å². The lowest BCUT2D eigenvalue weighted by Crippen LogP contribution is -2.36. The third-order valence-corrected chi connectivity index (χ3v) is 8.50. The van der Waals surface area contributed by atoms with Crippen LogP contribution in [0, 0.1) is 11.6 Å². The number of nitrogens with zero attached hydrogens (tertiary/aromatic N) is 5. The van der Waals surface area contributed by atoms with Crippen molar-refractivity contribution in [1.29, 1.82) is 0 Å². The lowest BCUT2D eigenvalue weighted by Gasteiger charge is -2.24. The molecule has 2 fully saturated rings. The quantitative estimate of drug-likeness (QED) is 0.144. The zero-order valence-electron chi connectivity index (χ0n) is 31.1. The molecule has 16 nitrogen and oxygen atoms in total. The van der Waals surface area contributed by atoms with Gasteiger partial charge < -0.3 is 46.5 Å². The number of ether oxygens (including phenoxy) is 3. The van der Waals surface area contributed by atoms with E-state index in [1.807, 2.05) is 20.8 Å². The minimum atomic E-state index is -0.572. The molecule has 55 heavy (non-hydrogen) atoms. The lowest BCUT2D eigenvalue weighted by molar-refractivity contribution is 0.0293. The summed E-state index contributed by atoms with van der Waals surface area (Å²) in [4.78, 5) is 55.8. The molecular formula is C37H44F2N10O6. The molecule has 2 aromatic heterocycles. The second kappa shape index (κ2) is 17.3. The highest BCUT2D eigenvalue weighted by Crippen LogP contribution is 2.27. The molecule has 2 aromatic carbocycles. The van der Waals surface area contributed by atoms with E-state index in [1.165, 1.54) is 50.9 Å². The van der Waals surface area contributed by atoms with Gasteiger partial charge in [-0.05, 0) is 76.6 Å². The summed E-state index contributed by atoms with van der Waals surface area (Å²) in [5.41, 5.74) is 11.6. The van der Waals surface area contributed by atoms with Crippen LogP contribution in [0.15, 0.2) is 48.8 Å². The minimum Gasteiger partial charge on any atom is -0.496 e. The number of nitrogens with one attached hydrogen (secondary N) is 3. The third-order valence-electron chi connectivity index (χ3n) is 8.50. The topological polar surface area (TPSA) is 222 Å². The largest absolute Gasteiger partial charge is 0.496 e. The summed E-state index contributed by atoms with van der Waals surface area (Å²) in [7, 11) is 2.80. The monoisotopic (exact) mass is 762 g/mol. The van der Waals surface area contributed by atoms with Crippen LogP contribution in [0.1, 0.15) is 65.5 Å². The van der Waals surface area contributed by atoms with E-state index in [0.29, 0.717) is 25.5 Å². The highest BCUT2D eigenvalue weighted by Gasteiger charge is 2.30. The highest BCUT2D eigenvalue weighted by atomic mass is 19.1. The molecule has 292 valence electrons. The van der Waals surface area contributed by atoms with Crippen molar-refractivity contribution >= 4 is 41.2 Å². The van der Waals surface area contributed by atoms with Gasteiger partial charge in [-0.25, -0.2) is 23.5 Å². The molecule has 2 atom stereocenters. The summed E-state index contributed by atoms with van der Waals surface area (Å²) < 4.78 is 42.7. The highest BCUT2D eigenvalue weighted by molar-refractivity contribution is 6.13. The Morgan fingerprint density at radius 1 is 0.800 bits per heavy atom. The van der Waals surface area contributed by atoms with Crippen molar-refractivity contribution in [3.05, 3.63) is 82.7 Å². The number of benzene rings is 2. The van der Waals surface area contributed by atoms with Crippen molar-refractivity contribution in [2.75, 3.05) is 62.5 Å². The normalized spacial score (nSPS) is 16.5. The Kier molecular flexibility index (Phi) is 12.6. The number of amides is 1. The van der Waals surface area contributed by atoms with Crippen LogP contribution in [0.25, 0.3) is 0 Å². The summed E-state index contributed by atoms with van der Waals surface area (Å²) in [6.07, 6.45) is 3.91. The Labute approximate surface area is 316 Å². The first kappa shape index (κ1) is 40.0. The first-order valence-corrected chi connectivity index (χ1v) is 17.4. The molecular weight excluding hydrogens is 718 g/mol. The van der Waals surface area contributed by atoms with Gasteiger partial charge in [-0.15, -0.1) is 0 Å². The number of nitrogens with two attached hydrogens (primary N) is 2. The molecule has 2 aliphatic heterocycles. The maximum absolute atomic E-state index is 13.6. The van der Waals surface area contributed by atoms with Gasteiger partial charge in [0.05, 0.1) is 36.5 Å². The number of aromatic nitrogens is 4. The van der Waals surface area contributed by atoms with Crippen molar-refractivity contribution in [3.8, 4) is 11.5 Å². The molecule has 0 bridgehead atoms. The standard InChI is InChI=1S/C21H26FN5O4.C16H18FN5O2/c1-21(2,3)31-20(29)27-8-7-13(11-27)25-19-24-10-15(18(23)26-19)17(28)14-9-12(22)5-6-16(14)30-4;1-24-13-3-2-9(17)6-11(13)14(23)12-8-20-16(22-15(12)18)21-10-4-5-19-7-10/h5-6,9-10,13H,7-8,11H2,1-4H3,(H3,23,24,25,26);2-3,6,8,10,19H,4-5,7H2,1H3,(H3,18,20,21,22)/t13-;10-/m11/s1. The van der Waals surface area contributed by atoms with E-state index >= 15 is 0 Å². The Morgan fingerprint density at radius 3 is 1.75 bits per heavy atom. The second-order valence-electron chi connectivity index (χ2n) is 13.7. The Hall–Kier alpha value is -6.17. The van der Waals surface area contributed by atoms with Crippen LogP contribution in [-0.4, -0.2) is 101 Å². The van der Waals surface area contributed by atoms with Gasteiger partial charge in [0.1, 0.15) is 40.4 Å². The average molecular weight is 763 g/mol. The summed E-state index contributed by atoms with van der Waals surface area (Å²) in [6.45, 7) is 8.17. The van der Waals surface area contributed by atoms with E-state index < -0.39 is 28.8 Å². The number of carbonyl (C=O) groups is 3. The molecule has 0 unspecified atom stereocenters. The molecule has 4 heterocycles. The van der Waals surface area contributed by atoms with Crippen molar-refractivity contribution in [2.45, 2.75) is 51.3 Å². The first-order valence-electron chi connectivity index (χ1n) is 17.4. The van der Waals surface area contributed by atoms with Gasteiger partial charge in [-0.3, -0.25) is 9.59 Å². The van der Waals surface area contributed by atoms with E-state index in [9.17, 15) is 23.2 Å². The van der Waals surface area contributed by atoms with Gasteiger partial charge in [0, 0.05) is 44.1 Å². The maximum atomic E-state index is 13.6. The Morgan fingerprint density at radius 2 is 1.31 bits per heavy atom. The van der Waals surface area contributed by atoms with Crippen LogP contribution in [-0.2, 0) is 4.74 Å². The van der Waals surface area contributed by atoms with Gasteiger partial charge in [0.2, 0.25) is 23.5 Å². The smallest absolute Gasteiger partial charge is 0.410 e. The van der Waals surface area contributed by atoms with E-state index in [0.717, 1.165) is 31.6 Å². The van der Waals surface area contributed by atoms with Gasteiger partial charge in [0.15, 0.2) is 0 Å². The molecule has 0 radical (unpaired) electrons. The molecule has 0 saturated carbocycles. The van der Waals surface area contributed by atoms with Crippen LogP contribution in [0.4, 0.5) is 37.1 Å². The number of anilines is 4. The Balaban J connectivity index is 0.000000218. The predicted octanol–water partition coefficient (Wildman–Crippen LogP) is 4.07. The molecule has 1 amide bonds. The van der Waals surface area contributed by atoms with Crippen LogP contribution in [0.5, 0.6) is 11.5 Å². The molecule has 6 rings (SSSR count). The van der Waals surface area contributed by atoms with Crippen molar-refractivity contribution in [2.24, 2.45) is 0 Å². The summed E-state index contributed by atoms with van der Waals surface area (Å²) in [5.74, 6) is -1.06. The summed E-state index contributed by atoms with van der Waals surface area (Å²) >= 11 is 0. The molecule has 2 saturated heterocycles. The number of halogens is 2. The number of nitrogen functional groups attached to an aromatic ring is 2. The van der Waals surface area contributed by atoms with E-state index in [4.69, 9.17) is 25.7 Å². The fourth-order valence-corrected chi connectivity index (χ4v) is 5.80. The predicted molar refractivity (Wildman–Crippen MR) is 200 cm³/mol. The van der Waals surface area contributed by atoms with E-state index in [1.54, 1.807) is 4.90 Å². The number of carbonyl (C=O) groups excluding carboxylic acids is 3. The number of likely N-dealkylation sites (tertiary alicyclic amines) is 1.